The molecule has 0 bridgehead atoms. The topological polar surface area (TPSA) is 6.48 Å². The Morgan fingerprint density at radius 3 is 1.84 bits per heavy atom. The molecule has 2 aliphatic rings. The van der Waals surface area contributed by atoms with Crippen LogP contribution in [0.2, 0.25) is 10.0 Å². The van der Waals surface area contributed by atoms with Gasteiger partial charge in [0.05, 0.1) is 11.1 Å². The molecule has 0 spiro atoms. The Balaban J connectivity index is 1.57. The van der Waals surface area contributed by atoms with E-state index < -0.39 is 23.5 Å². The standard InChI is InChI=1S/C27H30Cl2F6N2/c28-22-7-4-8-23(29)25(22)24(37-13-11-36(12-14-37)21-5-2-1-3-6-21)10-9-18-15-19(26(30,31)32)17-20(16-18)27(33,34)35/h4,7-8,15-17,21,24H,1-3,5-6,9-14H2. The zero-order chi connectivity index (χ0) is 26.8. The molecule has 1 saturated carbocycles. The summed E-state index contributed by atoms with van der Waals surface area (Å²) >= 11 is 13.1. The summed E-state index contributed by atoms with van der Waals surface area (Å²) in [6, 6.07) is 7.15. The van der Waals surface area contributed by atoms with Gasteiger partial charge in [0.15, 0.2) is 0 Å². The molecule has 1 heterocycles. The highest BCUT2D eigenvalue weighted by Gasteiger charge is 2.37. The number of benzene rings is 2. The minimum atomic E-state index is -4.88. The quantitative estimate of drug-likeness (QED) is 0.323. The van der Waals surface area contributed by atoms with Crippen molar-refractivity contribution in [2.45, 2.75) is 69.4 Å². The molecule has 0 N–H and O–H groups in total. The van der Waals surface area contributed by atoms with E-state index in [0.29, 0.717) is 21.7 Å². The number of halogens is 8. The summed E-state index contributed by atoms with van der Waals surface area (Å²) in [6.07, 6.45) is -3.33. The Kier molecular flexibility index (Phi) is 9.04. The monoisotopic (exact) mass is 566 g/mol. The van der Waals surface area contributed by atoms with E-state index in [0.717, 1.165) is 38.3 Å². The number of alkyl halides is 6. The highest BCUT2D eigenvalue weighted by Crippen LogP contribution is 2.40. The molecule has 1 aliphatic carbocycles. The summed E-state index contributed by atoms with van der Waals surface area (Å²) in [5.74, 6) is 0. The van der Waals surface area contributed by atoms with Crippen LogP contribution in [0.25, 0.3) is 0 Å². The van der Waals surface area contributed by atoms with Gasteiger partial charge in [-0.25, -0.2) is 0 Å². The van der Waals surface area contributed by atoms with Gasteiger partial charge in [-0.3, -0.25) is 9.80 Å². The molecule has 10 heteroatoms. The van der Waals surface area contributed by atoms with Crippen LogP contribution >= 0.6 is 23.2 Å². The second kappa shape index (κ2) is 11.7. The number of hydrogen-bond donors (Lipinski definition) is 0. The maximum atomic E-state index is 13.4. The lowest BCUT2D eigenvalue weighted by Gasteiger charge is -2.43. The summed E-state index contributed by atoms with van der Waals surface area (Å²) in [5.41, 5.74) is -1.95. The van der Waals surface area contributed by atoms with Crippen molar-refractivity contribution in [3.8, 4) is 0 Å². The lowest BCUT2D eigenvalue weighted by molar-refractivity contribution is -0.143. The van der Waals surface area contributed by atoms with E-state index in [9.17, 15) is 26.3 Å². The molecule has 1 aliphatic heterocycles. The Morgan fingerprint density at radius 2 is 1.32 bits per heavy atom. The van der Waals surface area contributed by atoms with Crippen molar-refractivity contribution in [3.63, 3.8) is 0 Å². The van der Waals surface area contributed by atoms with Gasteiger partial charge in [0.1, 0.15) is 0 Å². The first-order valence-electron chi connectivity index (χ1n) is 12.6. The lowest BCUT2D eigenvalue weighted by atomic mass is 9.92. The molecule has 0 amide bonds. The van der Waals surface area contributed by atoms with E-state index in [-0.39, 0.29) is 30.5 Å². The van der Waals surface area contributed by atoms with Crippen LogP contribution in [0.15, 0.2) is 36.4 Å². The van der Waals surface area contributed by atoms with Crippen LogP contribution in [0.4, 0.5) is 26.3 Å². The number of aryl methyl sites for hydroxylation is 1. The molecule has 4 rings (SSSR count). The molecule has 2 aromatic carbocycles. The average molecular weight is 567 g/mol. The van der Waals surface area contributed by atoms with Gasteiger partial charge in [0.25, 0.3) is 0 Å². The maximum Gasteiger partial charge on any atom is 0.416 e. The summed E-state index contributed by atoms with van der Waals surface area (Å²) in [4.78, 5) is 4.72. The highest BCUT2D eigenvalue weighted by atomic mass is 35.5. The second-order valence-electron chi connectivity index (χ2n) is 9.97. The largest absolute Gasteiger partial charge is 0.416 e. The van der Waals surface area contributed by atoms with Crippen molar-refractivity contribution in [1.29, 1.82) is 0 Å². The van der Waals surface area contributed by atoms with Gasteiger partial charge >= 0.3 is 12.4 Å². The van der Waals surface area contributed by atoms with Crippen LogP contribution in [0.1, 0.15) is 66.8 Å². The Bertz CT molecular complexity index is 1010. The van der Waals surface area contributed by atoms with Gasteiger partial charge in [-0.2, -0.15) is 26.3 Å². The van der Waals surface area contributed by atoms with E-state index in [2.05, 4.69) is 9.80 Å². The van der Waals surface area contributed by atoms with E-state index in [1.807, 2.05) is 0 Å². The zero-order valence-corrected chi connectivity index (χ0v) is 21.8. The van der Waals surface area contributed by atoms with Gasteiger partial charge in [-0.1, -0.05) is 48.5 Å². The summed E-state index contributed by atoms with van der Waals surface area (Å²) in [7, 11) is 0. The lowest BCUT2D eigenvalue weighted by Crippen LogP contribution is -2.51. The molecule has 0 radical (unpaired) electrons. The van der Waals surface area contributed by atoms with E-state index >= 15 is 0 Å². The van der Waals surface area contributed by atoms with E-state index in [4.69, 9.17) is 23.2 Å². The van der Waals surface area contributed by atoms with Gasteiger partial charge in [-0.05, 0) is 61.6 Å². The number of nitrogens with zero attached hydrogens (tertiary/aromatic N) is 2. The third kappa shape index (κ3) is 7.14. The molecular formula is C27H30Cl2F6N2. The molecule has 37 heavy (non-hydrogen) atoms. The van der Waals surface area contributed by atoms with Gasteiger partial charge in [-0.15, -0.1) is 0 Å². The van der Waals surface area contributed by atoms with Crippen LogP contribution in [-0.2, 0) is 18.8 Å². The summed E-state index contributed by atoms with van der Waals surface area (Å²) < 4.78 is 80.2. The first-order chi connectivity index (χ1) is 17.4. The highest BCUT2D eigenvalue weighted by molar-refractivity contribution is 6.36. The van der Waals surface area contributed by atoms with Crippen LogP contribution in [0.3, 0.4) is 0 Å². The van der Waals surface area contributed by atoms with Gasteiger partial charge in [0, 0.05) is 53.9 Å². The summed E-state index contributed by atoms with van der Waals surface area (Å²) in [5, 5.41) is 0.875. The van der Waals surface area contributed by atoms with Gasteiger partial charge in [0.2, 0.25) is 0 Å². The minimum absolute atomic E-state index is 0.0159. The SMILES string of the molecule is FC(F)(F)c1cc(CCC(c2c(Cl)cccc2Cl)N2CCN(C3CCCCC3)CC2)cc(C(F)(F)F)c1. The molecule has 1 atom stereocenters. The van der Waals surface area contributed by atoms with Crippen molar-refractivity contribution < 1.29 is 26.3 Å². The molecule has 2 aromatic rings. The van der Waals surface area contributed by atoms with Gasteiger partial charge < -0.3 is 0 Å². The molecule has 1 unspecified atom stereocenters. The smallest absolute Gasteiger partial charge is 0.298 e. The first kappa shape index (κ1) is 28.5. The first-order valence-corrected chi connectivity index (χ1v) is 13.4. The molecule has 2 fully saturated rings. The van der Waals surface area contributed by atoms with Crippen molar-refractivity contribution in [1.82, 2.24) is 9.80 Å². The van der Waals surface area contributed by atoms with Crippen LogP contribution in [-0.4, -0.2) is 42.0 Å². The number of rotatable bonds is 6. The third-order valence-electron chi connectivity index (χ3n) is 7.57. The fourth-order valence-electron chi connectivity index (χ4n) is 5.67. The fourth-order valence-corrected chi connectivity index (χ4v) is 6.32. The van der Waals surface area contributed by atoms with Crippen LogP contribution in [0, 0.1) is 0 Å². The van der Waals surface area contributed by atoms with E-state index in [1.54, 1.807) is 18.2 Å². The van der Waals surface area contributed by atoms with Crippen LogP contribution in [0.5, 0.6) is 0 Å². The average Bonchev–Trinajstić information content (AvgIpc) is 2.85. The van der Waals surface area contributed by atoms with Crippen molar-refractivity contribution in [2.24, 2.45) is 0 Å². The van der Waals surface area contributed by atoms with Crippen molar-refractivity contribution in [3.05, 3.63) is 68.7 Å². The zero-order valence-electron chi connectivity index (χ0n) is 20.3. The Morgan fingerprint density at radius 1 is 0.784 bits per heavy atom. The Hall–Kier alpha value is -1.48. The number of piperazine rings is 1. The molecule has 1 saturated heterocycles. The predicted molar refractivity (Wildman–Crippen MR) is 134 cm³/mol. The predicted octanol–water partition coefficient (Wildman–Crippen LogP) is 8.66. The van der Waals surface area contributed by atoms with E-state index in [1.165, 1.54) is 32.1 Å². The fraction of sp³-hybridized carbons (Fsp3) is 0.556. The molecule has 0 aromatic heterocycles. The van der Waals surface area contributed by atoms with Crippen molar-refractivity contribution >= 4 is 23.2 Å². The summed E-state index contributed by atoms with van der Waals surface area (Å²) in [6.45, 7) is 3.15. The second-order valence-corrected chi connectivity index (χ2v) is 10.8. The Labute approximate surface area is 223 Å². The minimum Gasteiger partial charge on any atom is -0.298 e. The maximum absolute atomic E-state index is 13.4. The molecular weight excluding hydrogens is 537 g/mol. The number of hydrogen-bond acceptors (Lipinski definition) is 2. The molecule has 2 nitrogen and oxygen atoms in total. The molecule has 204 valence electrons. The third-order valence-corrected chi connectivity index (χ3v) is 8.23. The normalized spacial score (nSPS) is 19.8. The van der Waals surface area contributed by atoms with Crippen LogP contribution < -0.4 is 0 Å². The van der Waals surface area contributed by atoms with Crippen molar-refractivity contribution in [2.75, 3.05) is 26.2 Å².